The molecule has 0 saturated heterocycles. The fourth-order valence-corrected chi connectivity index (χ4v) is 8.60. The standard InChI is InChI=1S/C51H30N4O/c1-3-14-33-28-36(26-24-31(33)12-1)49-52-50(37-27-25-32-13-2-4-15-34(32)29-37)54-51(53-49)55-44-22-9-7-18-39(44)41-20-11-21-42(47(41)55)46-38-17-6-5-16-35(38)30-43-40-19-8-10-23-45(40)56-48(43)46/h1-30H. The molecule has 12 rings (SSSR count). The summed E-state index contributed by atoms with van der Waals surface area (Å²) in [5.74, 6) is 1.76. The molecule has 12 aromatic rings. The molecule has 0 atom stereocenters. The predicted octanol–water partition coefficient (Wildman–Crippen LogP) is 13.3. The van der Waals surface area contributed by atoms with Gasteiger partial charge in [0.15, 0.2) is 11.6 Å². The third-order valence-electron chi connectivity index (χ3n) is 11.2. The summed E-state index contributed by atoms with van der Waals surface area (Å²) in [6.45, 7) is 0. The van der Waals surface area contributed by atoms with Gasteiger partial charge in [-0.05, 0) is 62.6 Å². The molecule has 0 aliphatic rings. The van der Waals surface area contributed by atoms with Crippen LogP contribution in [0.5, 0.6) is 0 Å². The number of nitrogens with zero attached hydrogens (tertiary/aromatic N) is 4. The van der Waals surface area contributed by atoms with Crippen molar-refractivity contribution in [1.29, 1.82) is 0 Å². The van der Waals surface area contributed by atoms with Gasteiger partial charge in [-0.1, -0.05) is 152 Å². The van der Waals surface area contributed by atoms with Crippen molar-refractivity contribution in [3.8, 4) is 39.9 Å². The van der Waals surface area contributed by atoms with Crippen LogP contribution in [0, 0.1) is 0 Å². The second-order valence-corrected chi connectivity index (χ2v) is 14.4. The Labute approximate surface area is 320 Å². The summed E-state index contributed by atoms with van der Waals surface area (Å²) < 4.78 is 9.02. The summed E-state index contributed by atoms with van der Waals surface area (Å²) in [5, 5.41) is 11.3. The summed E-state index contributed by atoms with van der Waals surface area (Å²) in [7, 11) is 0. The van der Waals surface area contributed by atoms with E-state index in [1.54, 1.807) is 0 Å². The van der Waals surface area contributed by atoms with E-state index >= 15 is 0 Å². The van der Waals surface area contributed by atoms with Crippen molar-refractivity contribution in [3.63, 3.8) is 0 Å². The second-order valence-electron chi connectivity index (χ2n) is 14.4. The molecule has 0 radical (unpaired) electrons. The van der Waals surface area contributed by atoms with Crippen LogP contribution in [0.1, 0.15) is 0 Å². The zero-order chi connectivity index (χ0) is 36.7. The molecule has 0 fully saturated rings. The minimum absolute atomic E-state index is 0.547. The maximum Gasteiger partial charge on any atom is 0.238 e. The van der Waals surface area contributed by atoms with E-state index in [9.17, 15) is 0 Å². The van der Waals surface area contributed by atoms with Gasteiger partial charge in [-0.25, -0.2) is 4.98 Å². The van der Waals surface area contributed by atoms with E-state index in [2.05, 4.69) is 180 Å². The quantitative estimate of drug-likeness (QED) is 0.182. The minimum Gasteiger partial charge on any atom is -0.455 e. The number of para-hydroxylation sites is 3. The number of fused-ring (bicyclic) bond motifs is 9. The van der Waals surface area contributed by atoms with Crippen LogP contribution < -0.4 is 0 Å². The molecule has 3 aromatic heterocycles. The molecular weight excluding hydrogens is 685 g/mol. The topological polar surface area (TPSA) is 56.7 Å². The third kappa shape index (κ3) is 4.64. The van der Waals surface area contributed by atoms with Crippen molar-refractivity contribution in [2.75, 3.05) is 0 Å². The summed E-state index contributed by atoms with van der Waals surface area (Å²) in [4.78, 5) is 15.9. The average molecular weight is 715 g/mol. The van der Waals surface area contributed by atoms with Gasteiger partial charge in [-0.15, -0.1) is 0 Å². The number of rotatable bonds is 4. The first-order chi connectivity index (χ1) is 27.7. The molecule has 0 bridgehead atoms. The lowest BCUT2D eigenvalue weighted by atomic mass is 9.93. The normalized spacial score (nSPS) is 11.9. The third-order valence-corrected chi connectivity index (χ3v) is 11.2. The Morgan fingerprint density at radius 3 is 1.68 bits per heavy atom. The van der Waals surface area contributed by atoms with E-state index in [0.717, 1.165) is 87.5 Å². The van der Waals surface area contributed by atoms with Crippen LogP contribution in [0.15, 0.2) is 186 Å². The van der Waals surface area contributed by atoms with Gasteiger partial charge in [-0.3, -0.25) is 4.57 Å². The minimum atomic E-state index is 0.547. The van der Waals surface area contributed by atoms with Gasteiger partial charge in [-0.2, -0.15) is 9.97 Å². The molecule has 260 valence electrons. The Morgan fingerprint density at radius 1 is 0.393 bits per heavy atom. The van der Waals surface area contributed by atoms with Crippen LogP contribution in [0.25, 0.3) is 116 Å². The molecule has 3 heterocycles. The lowest BCUT2D eigenvalue weighted by Crippen LogP contribution is -2.07. The SMILES string of the molecule is c1ccc2cc(-c3nc(-c4ccc5ccccc5c4)nc(-n4c5ccccc5c5cccc(-c6c7ccccc7cc7c6oc6ccccc67)c54)n3)ccc2c1. The second kappa shape index (κ2) is 11.9. The van der Waals surface area contributed by atoms with E-state index in [-0.39, 0.29) is 0 Å². The molecule has 0 amide bonds. The van der Waals surface area contributed by atoms with Crippen molar-refractivity contribution in [2.24, 2.45) is 0 Å². The molecule has 5 heteroatoms. The number of aromatic nitrogens is 4. The first kappa shape index (κ1) is 30.8. The number of hydrogen-bond acceptors (Lipinski definition) is 4. The highest BCUT2D eigenvalue weighted by Crippen LogP contribution is 2.45. The highest BCUT2D eigenvalue weighted by Gasteiger charge is 2.24. The Kier molecular flexibility index (Phi) is 6.56. The maximum atomic E-state index is 6.79. The van der Waals surface area contributed by atoms with Gasteiger partial charge in [0.25, 0.3) is 0 Å². The molecule has 0 N–H and O–H groups in total. The van der Waals surface area contributed by atoms with Crippen molar-refractivity contribution in [1.82, 2.24) is 19.5 Å². The van der Waals surface area contributed by atoms with Crippen LogP contribution in [-0.2, 0) is 0 Å². The molecule has 5 nitrogen and oxygen atoms in total. The largest absolute Gasteiger partial charge is 0.455 e. The van der Waals surface area contributed by atoms with Crippen molar-refractivity contribution < 1.29 is 4.42 Å². The summed E-state index contributed by atoms with van der Waals surface area (Å²) in [6.07, 6.45) is 0. The molecule has 56 heavy (non-hydrogen) atoms. The van der Waals surface area contributed by atoms with E-state index in [0.29, 0.717) is 17.6 Å². The van der Waals surface area contributed by atoms with E-state index in [1.807, 2.05) is 6.07 Å². The Bertz CT molecular complexity index is 3460. The van der Waals surface area contributed by atoms with Gasteiger partial charge in [0.2, 0.25) is 5.95 Å². The highest BCUT2D eigenvalue weighted by atomic mass is 16.3. The Balaban J connectivity index is 1.20. The van der Waals surface area contributed by atoms with Crippen LogP contribution in [-0.4, -0.2) is 19.5 Å². The Hall–Kier alpha value is -7.63. The fraction of sp³-hybridized carbons (Fsp3) is 0. The van der Waals surface area contributed by atoms with Crippen LogP contribution in [0.4, 0.5) is 0 Å². The molecule has 0 saturated carbocycles. The monoisotopic (exact) mass is 714 g/mol. The van der Waals surface area contributed by atoms with E-state index in [4.69, 9.17) is 19.4 Å². The predicted molar refractivity (Wildman–Crippen MR) is 230 cm³/mol. The van der Waals surface area contributed by atoms with Gasteiger partial charge >= 0.3 is 0 Å². The van der Waals surface area contributed by atoms with E-state index in [1.165, 1.54) is 10.8 Å². The molecule has 0 aliphatic heterocycles. The lowest BCUT2D eigenvalue weighted by molar-refractivity contribution is 0.670. The number of benzene rings is 9. The number of furan rings is 1. The highest BCUT2D eigenvalue weighted by molar-refractivity contribution is 6.23. The first-order valence-electron chi connectivity index (χ1n) is 18.9. The average Bonchev–Trinajstić information content (AvgIpc) is 3.81. The smallest absolute Gasteiger partial charge is 0.238 e. The van der Waals surface area contributed by atoms with E-state index < -0.39 is 0 Å². The van der Waals surface area contributed by atoms with Crippen molar-refractivity contribution in [3.05, 3.63) is 182 Å². The first-order valence-corrected chi connectivity index (χ1v) is 18.9. The summed E-state index contributed by atoms with van der Waals surface area (Å²) >= 11 is 0. The fourth-order valence-electron chi connectivity index (χ4n) is 8.60. The zero-order valence-corrected chi connectivity index (χ0v) is 30.0. The van der Waals surface area contributed by atoms with Crippen molar-refractivity contribution >= 4 is 76.1 Å². The molecule has 0 unspecified atom stereocenters. The van der Waals surface area contributed by atoms with Crippen LogP contribution >= 0.6 is 0 Å². The zero-order valence-electron chi connectivity index (χ0n) is 30.0. The van der Waals surface area contributed by atoms with Gasteiger partial charge < -0.3 is 4.42 Å². The summed E-state index contributed by atoms with van der Waals surface area (Å²) in [6, 6.07) is 63.9. The van der Waals surface area contributed by atoms with Crippen LogP contribution in [0.2, 0.25) is 0 Å². The van der Waals surface area contributed by atoms with Crippen molar-refractivity contribution in [2.45, 2.75) is 0 Å². The molecule has 0 aliphatic carbocycles. The van der Waals surface area contributed by atoms with Crippen LogP contribution in [0.3, 0.4) is 0 Å². The maximum absolute atomic E-state index is 6.79. The lowest BCUT2D eigenvalue weighted by Gasteiger charge is -2.15. The van der Waals surface area contributed by atoms with Gasteiger partial charge in [0.05, 0.1) is 11.0 Å². The molecular formula is C51H30N4O. The summed E-state index contributed by atoms with van der Waals surface area (Å²) in [5.41, 5.74) is 7.68. The Morgan fingerprint density at radius 2 is 0.964 bits per heavy atom. The van der Waals surface area contributed by atoms with Gasteiger partial charge in [0, 0.05) is 43.8 Å². The molecule has 0 spiro atoms. The van der Waals surface area contributed by atoms with Gasteiger partial charge in [0.1, 0.15) is 11.2 Å². The molecule has 9 aromatic carbocycles. The number of hydrogen-bond donors (Lipinski definition) is 0.